The first-order valence-corrected chi connectivity index (χ1v) is 13.3. The molecule has 192 valence electrons. The van der Waals surface area contributed by atoms with Gasteiger partial charge in [0.25, 0.3) is 0 Å². The fraction of sp³-hybridized carbons (Fsp3) is 0.440. The normalized spacial score (nSPS) is 28.1. The Morgan fingerprint density at radius 3 is 2.44 bits per heavy atom. The van der Waals surface area contributed by atoms with Crippen LogP contribution in [-0.2, 0) is 29.0 Å². The van der Waals surface area contributed by atoms with Gasteiger partial charge in [-0.1, -0.05) is 30.3 Å². The minimum Gasteiger partial charge on any atom is -0.393 e. The van der Waals surface area contributed by atoms with E-state index in [1.54, 1.807) is 31.2 Å². The van der Waals surface area contributed by atoms with E-state index in [2.05, 4.69) is 5.10 Å². The van der Waals surface area contributed by atoms with Crippen molar-refractivity contribution in [3.63, 3.8) is 0 Å². The zero-order valence-corrected chi connectivity index (χ0v) is 20.7. The van der Waals surface area contributed by atoms with Gasteiger partial charge in [0.2, 0.25) is 15.9 Å². The van der Waals surface area contributed by atoms with Gasteiger partial charge in [-0.15, -0.1) is 5.10 Å². The number of aliphatic hydroxyl groups excluding tert-OH is 1. The molecule has 0 spiro atoms. The van der Waals surface area contributed by atoms with Crippen molar-refractivity contribution in [3.05, 3.63) is 87.2 Å². The van der Waals surface area contributed by atoms with E-state index in [0.717, 1.165) is 16.8 Å². The molecular formula is C25H27F2N3O5S. The lowest BCUT2D eigenvalue weighted by Crippen LogP contribution is -2.47. The molecule has 1 saturated carbocycles. The van der Waals surface area contributed by atoms with Crippen molar-refractivity contribution < 1.29 is 26.7 Å². The van der Waals surface area contributed by atoms with Crippen LogP contribution in [-0.4, -0.2) is 39.8 Å². The standard InChI is InChI=1S/C25H27F2N3O5S/c1-15-8-9-22(16-6-4-3-5-7-16)36(33,34)30(15)14-17-10-21(27)19(11-20(17)26)25(12-18(31)13-25)23-28-29(2)24(32)35-23/h3-7,10-11,15,18,22,31H,8-9,12-14H2,1-2H3/t15-,18-,22+,25+/m0/s1. The SMILES string of the molecule is C[C@H]1CC[C@H](c2ccccc2)S(=O)(=O)N1Cc1cc(F)c([C@]2(c3nn(C)c(=O)o3)C[C@@H](O)C2)cc1F. The molecule has 2 aliphatic rings. The molecule has 2 atom stereocenters. The minimum absolute atomic E-state index is 0.0129. The first-order valence-electron chi connectivity index (χ1n) is 11.8. The molecular weight excluding hydrogens is 492 g/mol. The zero-order valence-electron chi connectivity index (χ0n) is 19.9. The number of sulfonamides is 1. The molecule has 1 aliphatic carbocycles. The van der Waals surface area contributed by atoms with Crippen LogP contribution in [0.4, 0.5) is 8.78 Å². The summed E-state index contributed by atoms with van der Waals surface area (Å²) in [5, 5.41) is 13.2. The molecule has 1 aliphatic heterocycles. The smallest absolute Gasteiger partial charge is 0.393 e. The summed E-state index contributed by atoms with van der Waals surface area (Å²) in [7, 11) is -2.45. The molecule has 11 heteroatoms. The third-order valence-corrected chi connectivity index (χ3v) is 9.81. The molecule has 0 amide bonds. The van der Waals surface area contributed by atoms with Gasteiger partial charge in [0, 0.05) is 30.8 Å². The number of halogens is 2. The second-order valence-electron chi connectivity index (χ2n) is 9.78. The Morgan fingerprint density at radius 1 is 1.14 bits per heavy atom. The fourth-order valence-electron chi connectivity index (χ4n) is 5.39. The fourth-order valence-corrected chi connectivity index (χ4v) is 7.58. The van der Waals surface area contributed by atoms with Crippen LogP contribution in [0, 0.1) is 11.6 Å². The van der Waals surface area contributed by atoms with Crippen LogP contribution < -0.4 is 5.76 Å². The van der Waals surface area contributed by atoms with Crippen molar-refractivity contribution in [2.45, 2.75) is 62.0 Å². The van der Waals surface area contributed by atoms with E-state index < -0.39 is 44.2 Å². The van der Waals surface area contributed by atoms with Gasteiger partial charge in [0.1, 0.15) is 16.9 Å². The average Bonchev–Trinajstić information content (AvgIpc) is 3.15. The Morgan fingerprint density at radius 2 is 1.83 bits per heavy atom. The molecule has 2 heterocycles. The first-order chi connectivity index (χ1) is 17.0. The van der Waals surface area contributed by atoms with Crippen LogP contribution in [0.15, 0.2) is 51.7 Å². The maximum Gasteiger partial charge on any atom is 0.436 e. The zero-order chi connectivity index (χ0) is 25.8. The lowest BCUT2D eigenvalue weighted by molar-refractivity contribution is 0.0226. The van der Waals surface area contributed by atoms with E-state index >= 15 is 8.78 Å². The number of hydrogen-bond acceptors (Lipinski definition) is 6. The van der Waals surface area contributed by atoms with Crippen molar-refractivity contribution >= 4 is 10.0 Å². The number of hydrogen-bond donors (Lipinski definition) is 1. The van der Waals surface area contributed by atoms with Crippen LogP contribution in [0.25, 0.3) is 0 Å². The van der Waals surface area contributed by atoms with Crippen LogP contribution >= 0.6 is 0 Å². The highest BCUT2D eigenvalue weighted by molar-refractivity contribution is 7.89. The summed E-state index contributed by atoms with van der Waals surface area (Å²) in [4.78, 5) is 11.8. The second-order valence-corrected chi connectivity index (χ2v) is 11.8. The van der Waals surface area contributed by atoms with Gasteiger partial charge in [0.15, 0.2) is 0 Å². The van der Waals surface area contributed by atoms with Crippen molar-refractivity contribution in [1.82, 2.24) is 14.1 Å². The average molecular weight is 520 g/mol. The monoisotopic (exact) mass is 519 g/mol. The maximum absolute atomic E-state index is 15.5. The summed E-state index contributed by atoms with van der Waals surface area (Å²) in [6.45, 7) is 1.44. The number of rotatable bonds is 5. The minimum atomic E-state index is -3.83. The van der Waals surface area contributed by atoms with Crippen LogP contribution in [0.5, 0.6) is 0 Å². The van der Waals surface area contributed by atoms with Gasteiger partial charge in [-0.3, -0.25) is 0 Å². The van der Waals surface area contributed by atoms with E-state index in [0.29, 0.717) is 18.4 Å². The molecule has 0 bridgehead atoms. The molecule has 1 N–H and O–H groups in total. The molecule has 0 radical (unpaired) electrons. The van der Waals surface area contributed by atoms with E-state index in [4.69, 9.17) is 4.42 Å². The van der Waals surface area contributed by atoms with Crippen molar-refractivity contribution in [2.75, 3.05) is 0 Å². The van der Waals surface area contributed by atoms with E-state index in [1.807, 2.05) is 6.07 Å². The van der Waals surface area contributed by atoms with E-state index in [9.17, 15) is 18.3 Å². The molecule has 1 aromatic heterocycles. The highest BCUT2D eigenvalue weighted by atomic mass is 32.2. The lowest BCUT2D eigenvalue weighted by Gasteiger charge is -2.43. The summed E-state index contributed by atoms with van der Waals surface area (Å²) >= 11 is 0. The van der Waals surface area contributed by atoms with Gasteiger partial charge in [-0.05, 0) is 50.3 Å². The lowest BCUT2D eigenvalue weighted by atomic mass is 9.62. The molecule has 8 nitrogen and oxygen atoms in total. The van der Waals surface area contributed by atoms with Crippen molar-refractivity contribution in [2.24, 2.45) is 7.05 Å². The number of nitrogens with zero attached hydrogens (tertiary/aromatic N) is 3. The van der Waals surface area contributed by atoms with E-state index in [1.165, 1.54) is 11.4 Å². The summed E-state index contributed by atoms with van der Waals surface area (Å²) < 4.78 is 65.2. The molecule has 1 saturated heterocycles. The highest BCUT2D eigenvalue weighted by Crippen LogP contribution is 2.49. The third-order valence-electron chi connectivity index (χ3n) is 7.44. The highest BCUT2D eigenvalue weighted by Gasteiger charge is 2.52. The third kappa shape index (κ3) is 3.99. The Kier molecular flexibility index (Phi) is 6.12. The predicted octanol–water partition coefficient (Wildman–Crippen LogP) is 3.15. The van der Waals surface area contributed by atoms with Gasteiger partial charge in [-0.25, -0.2) is 22.0 Å². The summed E-state index contributed by atoms with van der Waals surface area (Å²) in [6, 6.07) is 10.5. The number of aryl methyl sites for hydroxylation is 1. The number of benzene rings is 2. The van der Waals surface area contributed by atoms with Gasteiger partial charge in [0.05, 0.1) is 11.5 Å². The van der Waals surface area contributed by atoms with Crippen LogP contribution in [0.1, 0.15) is 60.4 Å². The van der Waals surface area contributed by atoms with Crippen LogP contribution in [0.3, 0.4) is 0 Å². The Balaban J connectivity index is 1.49. The van der Waals surface area contributed by atoms with Crippen molar-refractivity contribution in [1.29, 1.82) is 0 Å². The largest absolute Gasteiger partial charge is 0.436 e. The summed E-state index contributed by atoms with van der Waals surface area (Å²) in [5.74, 6) is -2.41. The van der Waals surface area contributed by atoms with Gasteiger partial charge in [-0.2, -0.15) is 8.99 Å². The quantitative estimate of drug-likeness (QED) is 0.555. The van der Waals surface area contributed by atoms with Crippen LogP contribution in [0.2, 0.25) is 0 Å². The van der Waals surface area contributed by atoms with Crippen molar-refractivity contribution in [3.8, 4) is 0 Å². The second kappa shape index (κ2) is 8.89. The summed E-state index contributed by atoms with van der Waals surface area (Å²) in [6.07, 6.45) is 0.270. The van der Waals surface area contributed by atoms with E-state index in [-0.39, 0.29) is 42.4 Å². The predicted molar refractivity (Wildman–Crippen MR) is 126 cm³/mol. The molecule has 2 fully saturated rings. The maximum atomic E-state index is 15.5. The Hall–Kier alpha value is -2.89. The molecule has 3 aromatic rings. The Bertz CT molecular complexity index is 1450. The molecule has 2 aromatic carbocycles. The van der Waals surface area contributed by atoms with Gasteiger partial charge >= 0.3 is 5.76 Å². The first kappa shape index (κ1) is 24.8. The molecule has 5 rings (SSSR count). The number of aliphatic hydroxyl groups is 1. The summed E-state index contributed by atoms with van der Waals surface area (Å²) in [5.41, 5.74) is -0.809. The van der Waals surface area contributed by atoms with Gasteiger partial charge < -0.3 is 9.52 Å². The molecule has 36 heavy (non-hydrogen) atoms. The topological polar surface area (TPSA) is 106 Å². The molecule has 0 unspecified atom stereocenters. The number of aromatic nitrogens is 2. The Labute approximate surface area is 207 Å².